The van der Waals surface area contributed by atoms with Crippen molar-refractivity contribution in [1.29, 1.82) is 0 Å². The molecule has 0 unspecified atom stereocenters. The van der Waals surface area contributed by atoms with Gasteiger partial charge in [-0.3, -0.25) is 4.79 Å². The third kappa shape index (κ3) is 4.20. The minimum absolute atomic E-state index is 0.0193. The average Bonchev–Trinajstić information content (AvgIpc) is 2.98. The van der Waals surface area contributed by atoms with Crippen molar-refractivity contribution in [3.8, 4) is 0 Å². The number of nitrogens with one attached hydrogen (secondary N) is 1. The van der Waals surface area contributed by atoms with E-state index >= 15 is 0 Å². The second kappa shape index (κ2) is 7.09. The Hall–Kier alpha value is -2.07. The summed E-state index contributed by atoms with van der Waals surface area (Å²) in [5.74, 6) is 0.892. The normalized spacial score (nSPS) is 13.9. The fourth-order valence-corrected chi connectivity index (χ4v) is 2.29. The molecule has 0 spiro atoms. The number of hydrogen-bond donors (Lipinski definition) is 2. The fourth-order valence-electron chi connectivity index (χ4n) is 2.29. The van der Waals surface area contributed by atoms with E-state index in [2.05, 4.69) is 17.4 Å². The molecule has 4 heteroatoms. The smallest absolute Gasteiger partial charge is 0.278 e. The van der Waals surface area contributed by atoms with E-state index < -0.39 is 0 Å². The number of nitrogens with two attached hydrogens (primary N) is 1. The van der Waals surface area contributed by atoms with Crippen molar-refractivity contribution < 1.29 is 14.5 Å². The van der Waals surface area contributed by atoms with Crippen molar-refractivity contribution in [2.45, 2.75) is 38.9 Å². The fraction of sp³-hybridized carbons (Fsp3) is 0.353. The lowest BCUT2D eigenvalue weighted by Crippen LogP contribution is -2.92. The highest BCUT2D eigenvalue weighted by atomic mass is 16.3. The molecule has 2 aromatic rings. The van der Waals surface area contributed by atoms with Crippen LogP contribution in [0, 0.1) is 0 Å². The monoisotopic (exact) mass is 287 g/mol. The van der Waals surface area contributed by atoms with Gasteiger partial charge in [-0.2, -0.15) is 0 Å². The highest BCUT2D eigenvalue weighted by Crippen LogP contribution is 2.18. The van der Waals surface area contributed by atoms with Gasteiger partial charge in [0.05, 0.1) is 6.26 Å². The van der Waals surface area contributed by atoms with Gasteiger partial charge >= 0.3 is 0 Å². The molecular formula is C17H23N2O2+. The number of carbonyl (C=O) groups excluding carboxylic acids is 1. The van der Waals surface area contributed by atoms with E-state index in [0.717, 1.165) is 11.3 Å². The zero-order valence-electron chi connectivity index (χ0n) is 12.7. The maximum Gasteiger partial charge on any atom is 0.278 e. The standard InChI is InChI=1S/C17H22N2O2/c1-12(2)18-17(20)13(3)19-16(15-10-7-11-21-15)14-8-5-4-6-9-14/h4-13,16,19H,1-3H3,(H,18,20)/p+1/t13-,16+/m1/s1. The molecule has 0 aliphatic rings. The van der Waals surface area contributed by atoms with E-state index in [1.807, 2.05) is 56.4 Å². The third-order valence-electron chi connectivity index (χ3n) is 3.33. The lowest BCUT2D eigenvalue weighted by molar-refractivity contribution is -0.706. The van der Waals surface area contributed by atoms with Crippen LogP contribution in [0.1, 0.15) is 38.1 Å². The summed E-state index contributed by atoms with van der Waals surface area (Å²) in [6, 6.07) is 13.8. The second-order valence-electron chi connectivity index (χ2n) is 5.55. The third-order valence-corrected chi connectivity index (χ3v) is 3.33. The summed E-state index contributed by atoms with van der Waals surface area (Å²) >= 11 is 0. The van der Waals surface area contributed by atoms with Gasteiger partial charge in [-0.1, -0.05) is 30.3 Å². The predicted octanol–water partition coefficient (Wildman–Crippen LogP) is 1.85. The zero-order chi connectivity index (χ0) is 15.2. The number of rotatable bonds is 6. The van der Waals surface area contributed by atoms with Crippen molar-refractivity contribution >= 4 is 5.91 Å². The number of benzene rings is 1. The van der Waals surface area contributed by atoms with Crippen LogP contribution in [0.2, 0.25) is 0 Å². The van der Waals surface area contributed by atoms with Gasteiger partial charge < -0.3 is 15.1 Å². The van der Waals surface area contributed by atoms with Gasteiger partial charge in [0.15, 0.2) is 17.8 Å². The van der Waals surface area contributed by atoms with Crippen LogP contribution < -0.4 is 10.6 Å². The molecule has 21 heavy (non-hydrogen) atoms. The van der Waals surface area contributed by atoms with E-state index in [-0.39, 0.29) is 24.0 Å². The van der Waals surface area contributed by atoms with Crippen LogP contribution in [0.15, 0.2) is 53.1 Å². The van der Waals surface area contributed by atoms with Crippen LogP contribution in [0.3, 0.4) is 0 Å². The Labute approximate surface area is 125 Å². The minimum atomic E-state index is -0.192. The van der Waals surface area contributed by atoms with Crippen LogP contribution in [-0.4, -0.2) is 18.0 Å². The highest BCUT2D eigenvalue weighted by molar-refractivity contribution is 5.80. The summed E-state index contributed by atoms with van der Waals surface area (Å²) in [7, 11) is 0. The Morgan fingerprint density at radius 3 is 2.38 bits per heavy atom. The largest absolute Gasteiger partial charge is 0.463 e. The molecule has 0 fully saturated rings. The lowest BCUT2D eigenvalue weighted by Gasteiger charge is -2.19. The summed E-state index contributed by atoms with van der Waals surface area (Å²) in [5, 5.41) is 4.98. The molecule has 1 aromatic carbocycles. The number of carbonyl (C=O) groups is 1. The number of amides is 1. The van der Waals surface area contributed by atoms with Crippen molar-refractivity contribution in [2.24, 2.45) is 0 Å². The van der Waals surface area contributed by atoms with Gasteiger partial charge in [-0.05, 0) is 32.9 Å². The van der Waals surface area contributed by atoms with Gasteiger partial charge in [0.25, 0.3) is 5.91 Å². The van der Waals surface area contributed by atoms with E-state index in [9.17, 15) is 4.79 Å². The van der Waals surface area contributed by atoms with Gasteiger partial charge in [0, 0.05) is 11.6 Å². The molecule has 4 nitrogen and oxygen atoms in total. The van der Waals surface area contributed by atoms with Crippen molar-refractivity contribution in [3.63, 3.8) is 0 Å². The molecule has 0 bridgehead atoms. The molecule has 3 N–H and O–H groups in total. The van der Waals surface area contributed by atoms with Gasteiger partial charge in [-0.15, -0.1) is 0 Å². The summed E-state index contributed by atoms with van der Waals surface area (Å²) < 4.78 is 5.55. The first-order valence-corrected chi connectivity index (χ1v) is 7.31. The molecular weight excluding hydrogens is 264 g/mol. The molecule has 0 aliphatic heterocycles. The topological polar surface area (TPSA) is 58.9 Å². The number of furan rings is 1. The van der Waals surface area contributed by atoms with Crippen molar-refractivity contribution in [2.75, 3.05) is 0 Å². The van der Waals surface area contributed by atoms with E-state index in [1.165, 1.54) is 0 Å². The maximum atomic E-state index is 12.1. The minimum Gasteiger partial charge on any atom is -0.463 e. The van der Waals surface area contributed by atoms with Crippen LogP contribution in [-0.2, 0) is 4.79 Å². The Balaban J connectivity index is 2.16. The summed E-state index contributed by atoms with van der Waals surface area (Å²) in [6.45, 7) is 5.84. The summed E-state index contributed by atoms with van der Waals surface area (Å²) in [5.41, 5.74) is 1.12. The maximum absolute atomic E-state index is 12.1. The van der Waals surface area contributed by atoms with Crippen LogP contribution >= 0.6 is 0 Å². The molecule has 1 heterocycles. The first kappa shape index (κ1) is 15.3. The zero-order valence-corrected chi connectivity index (χ0v) is 12.7. The Kier molecular flexibility index (Phi) is 5.17. The molecule has 0 aliphatic carbocycles. The van der Waals surface area contributed by atoms with Crippen molar-refractivity contribution in [1.82, 2.24) is 5.32 Å². The lowest BCUT2D eigenvalue weighted by atomic mass is 10.0. The second-order valence-corrected chi connectivity index (χ2v) is 5.55. The molecule has 1 aromatic heterocycles. The number of hydrogen-bond acceptors (Lipinski definition) is 2. The quantitative estimate of drug-likeness (QED) is 0.852. The molecule has 0 saturated heterocycles. The molecule has 2 atom stereocenters. The summed E-state index contributed by atoms with van der Waals surface area (Å²) in [6.07, 6.45) is 1.66. The van der Waals surface area contributed by atoms with Crippen LogP contribution in [0.5, 0.6) is 0 Å². The van der Waals surface area contributed by atoms with Crippen LogP contribution in [0.25, 0.3) is 0 Å². The Morgan fingerprint density at radius 1 is 1.10 bits per heavy atom. The average molecular weight is 287 g/mol. The first-order valence-electron chi connectivity index (χ1n) is 7.31. The van der Waals surface area contributed by atoms with Gasteiger partial charge in [-0.25, -0.2) is 0 Å². The predicted molar refractivity (Wildman–Crippen MR) is 81.7 cm³/mol. The van der Waals surface area contributed by atoms with E-state index in [0.29, 0.717) is 0 Å². The molecule has 0 saturated carbocycles. The van der Waals surface area contributed by atoms with Gasteiger partial charge in [0.2, 0.25) is 0 Å². The highest BCUT2D eigenvalue weighted by Gasteiger charge is 2.26. The SMILES string of the molecule is CC(C)NC(=O)[C@@H](C)[NH2+][C@@H](c1ccccc1)c1ccco1. The summed E-state index contributed by atoms with van der Waals surface area (Å²) in [4.78, 5) is 12.1. The molecule has 0 radical (unpaired) electrons. The van der Waals surface area contributed by atoms with Gasteiger partial charge in [0.1, 0.15) is 0 Å². The van der Waals surface area contributed by atoms with E-state index in [4.69, 9.17) is 4.42 Å². The van der Waals surface area contributed by atoms with Crippen LogP contribution in [0.4, 0.5) is 0 Å². The molecule has 1 amide bonds. The molecule has 112 valence electrons. The first-order chi connectivity index (χ1) is 10.1. The van der Waals surface area contributed by atoms with E-state index in [1.54, 1.807) is 6.26 Å². The molecule has 2 rings (SSSR count). The van der Waals surface area contributed by atoms with Crippen molar-refractivity contribution in [3.05, 3.63) is 60.1 Å². The Morgan fingerprint density at radius 2 is 1.81 bits per heavy atom. The number of quaternary nitrogens is 1. The Bertz CT molecular complexity index is 549.